The van der Waals surface area contributed by atoms with Crippen LogP contribution in [0.3, 0.4) is 0 Å². The molecule has 0 bridgehead atoms. The predicted molar refractivity (Wildman–Crippen MR) is 139 cm³/mol. The van der Waals surface area contributed by atoms with Gasteiger partial charge in [-0.3, -0.25) is 4.98 Å². The van der Waals surface area contributed by atoms with Gasteiger partial charge >= 0.3 is 6.03 Å². The van der Waals surface area contributed by atoms with E-state index in [0.717, 1.165) is 47.8 Å². The van der Waals surface area contributed by atoms with Crippen LogP contribution in [0.1, 0.15) is 37.3 Å². The normalized spacial score (nSPS) is 10.8. The van der Waals surface area contributed by atoms with Crippen LogP contribution >= 0.6 is 0 Å². The number of carbonyl (C=O) groups excluding carboxylic acids is 1. The summed E-state index contributed by atoms with van der Waals surface area (Å²) < 4.78 is 13.5. The molecule has 4 rings (SSSR count). The first-order valence-corrected chi connectivity index (χ1v) is 12.0. The Balaban J connectivity index is 1.38. The SMILES string of the molecule is CCCCCOc1cc(NC(=O)NCc2cccc3c2ccn3Cc2cccnc2)ccc1OC. The third-order valence-electron chi connectivity index (χ3n) is 5.85. The number of methoxy groups -OCH3 is 1. The molecule has 0 aliphatic heterocycles. The highest BCUT2D eigenvalue weighted by atomic mass is 16.5. The Hall–Kier alpha value is -4.00. The summed E-state index contributed by atoms with van der Waals surface area (Å²) in [5.74, 6) is 1.27. The molecule has 4 aromatic rings. The molecule has 0 saturated heterocycles. The van der Waals surface area contributed by atoms with Crippen molar-refractivity contribution < 1.29 is 14.3 Å². The van der Waals surface area contributed by atoms with E-state index in [-0.39, 0.29) is 6.03 Å². The number of nitrogens with zero attached hydrogens (tertiary/aromatic N) is 2. The van der Waals surface area contributed by atoms with E-state index >= 15 is 0 Å². The van der Waals surface area contributed by atoms with Crippen molar-refractivity contribution in [3.63, 3.8) is 0 Å². The molecule has 0 aliphatic rings. The lowest BCUT2D eigenvalue weighted by Gasteiger charge is -2.13. The largest absolute Gasteiger partial charge is 0.493 e. The molecule has 0 unspecified atom stereocenters. The number of carbonyl (C=O) groups is 1. The second-order valence-electron chi connectivity index (χ2n) is 8.38. The van der Waals surface area contributed by atoms with Crippen molar-refractivity contribution in [1.29, 1.82) is 0 Å². The molecule has 0 aliphatic carbocycles. The van der Waals surface area contributed by atoms with Gasteiger partial charge in [0.25, 0.3) is 0 Å². The van der Waals surface area contributed by atoms with Crippen molar-refractivity contribution in [2.24, 2.45) is 0 Å². The second kappa shape index (κ2) is 11.9. The lowest BCUT2D eigenvalue weighted by Crippen LogP contribution is -2.28. The van der Waals surface area contributed by atoms with Crippen LogP contribution in [0.25, 0.3) is 10.9 Å². The number of benzene rings is 2. The summed E-state index contributed by atoms with van der Waals surface area (Å²) in [6.45, 7) is 3.93. The molecule has 2 aromatic carbocycles. The summed E-state index contributed by atoms with van der Waals surface area (Å²) >= 11 is 0. The average molecular weight is 473 g/mol. The van der Waals surface area contributed by atoms with E-state index < -0.39 is 0 Å². The zero-order chi connectivity index (χ0) is 24.5. The standard InChI is InChI=1S/C28H32N4O3/c1-3-4-5-16-35-27-17-23(11-12-26(27)34-2)31-28(33)30-19-22-9-6-10-25-24(22)13-15-32(25)20-21-8-7-14-29-18-21/h6-15,17-18H,3-5,16,19-20H2,1-2H3,(H2,30,31,33). The number of pyridine rings is 1. The average Bonchev–Trinajstić information content (AvgIpc) is 3.29. The number of urea groups is 1. The van der Waals surface area contributed by atoms with Crippen LogP contribution in [0.5, 0.6) is 11.5 Å². The van der Waals surface area contributed by atoms with Crippen LogP contribution in [0.15, 0.2) is 73.2 Å². The first-order valence-electron chi connectivity index (χ1n) is 12.0. The summed E-state index contributed by atoms with van der Waals surface area (Å²) in [7, 11) is 1.61. The molecule has 182 valence electrons. The maximum atomic E-state index is 12.6. The highest BCUT2D eigenvalue weighted by Gasteiger charge is 2.10. The van der Waals surface area contributed by atoms with Crippen molar-refractivity contribution >= 4 is 22.6 Å². The van der Waals surface area contributed by atoms with E-state index in [1.165, 1.54) is 0 Å². The van der Waals surface area contributed by atoms with Gasteiger partial charge in [-0.05, 0) is 47.9 Å². The highest BCUT2D eigenvalue weighted by molar-refractivity contribution is 5.90. The molecule has 0 fully saturated rings. The maximum Gasteiger partial charge on any atom is 0.319 e. The molecular formula is C28H32N4O3. The van der Waals surface area contributed by atoms with Gasteiger partial charge in [0.05, 0.1) is 13.7 Å². The molecule has 0 spiro atoms. The van der Waals surface area contributed by atoms with Crippen LogP contribution in [0.2, 0.25) is 0 Å². The number of nitrogens with one attached hydrogen (secondary N) is 2. The minimum absolute atomic E-state index is 0.279. The van der Waals surface area contributed by atoms with Gasteiger partial charge in [0.15, 0.2) is 11.5 Å². The zero-order valence-corrected chi connectivity index (χ0v) is 20.3. The summed E-state index contributed by atoms with van der Waals surface area (Å²) in [6, 6.07) is 17.4. The molecule has 2 amide bonds. The molecule has 2 N–H and O–H groups in total. The van der Waals surface area contributed by atoms with Crippen molar-refractivity contribution in [2.45, 2.75) is 39.3 Å². The fourth-order valence-corrected chi connectivity index (χ4v) is 4.02. The van der Waals surface area contributed by atoms with E-state index in [4.69, 9.17) is 9.47 Å². The summed E-state index contributed by atoms with van der Waals surface area (Å²) in [4.78, 5) is 16.8. The van der Waals surface area contributed by atoms with Gasteiger partial charge in [0.1, 0.15) is 0 Å². The Morgan fingerprint density at radius 1 is 1.06 bits per heavy atom. The predicted octanol–water partition coefficient (Wildman–Crippen LogP) is 5.98. The van der Waals surface area contributed by atoms with Gasteiger partial charge in [0, 0.05) is 54.3 Å². The first kappa shape index (κ1) is 24.1. The van der Waals surface area contributed by atoms with E-state index in [9.17, 15) is 4.79 Å². The number of hydrogen-bond acceptors (Lipinski definition) is 4. The molecule has 35 heavy (non-hydrogen) atoms. The van der Waals surface area contributed by atoms with Crippen molar-refractivity contribution in [3.05, 3.63) is 84.3 Å². The number of amides is 2. The topological polar surface area (TPSA) is 77.4 Å². The number of ether oxygens (including phenoxy) is 2. The van der Waals surface area contributed by atoms with Crippen molar-refractivity contribution in [1.82, 2.24) is 14.9 Å². The quantitative estimate of drug-likeness (QED) is 0.263. The van der Waals surface area contributed by atoms with Gasteiger partial charge in [0.2, 0.25) is 0 Å². The maximum absolute atomic E-state index is 12.6. The lowest BCUT2D eigenvalue weighted by molar-refractivity contribution is 0.251. The van der Waals surface area contributed by atoms with Gasteiger partial charge in [-0.1, -0.05) is 38.0 Å². The molecule has 0 atom stereocenters. The Morgan fingerprint density at radius 2 is 1.97 bits per heavy atom. The Bertz CT molecular complexity index is 1250. The van der Waals surface area contributed by atoms with Gasteiger partial charge in [-0.15, -0.1) is 0 Å². The second-order valence-corrected chi connectivity index (χ2v) is 8.38. The van der Waals surface area contributed by atoms with Gasteiger partial charge in [-0.25, -0.2) is 4.79 Å². The third-order valence-corrected chi connectivity index (χ3v) is 5.85. The fraction of sp³-hybridized carbons (Fsp3) is 0.286. The molecule has 0 radical (unpaired) electrons. The van der Waals surface area contributed by atoms with Crippen molar-refractivity contribution in [3.8, 4) is 11.5 Å². The Labute approximate surface area is 206 Å². The van der Waals surface area contributed by atoms with Crippen LogP contribution in [-0.4, -0.2) is 29.3 Å². The number of anilines is 1. The van der Waals surface area contributed by atoms with Crippen LogP contribution in [-0.2, 0) is 13.1 Å². The highest BCUT2D eigenvalue weighted by Crippen LogP contribution is 2.30. The number of fused-ring (bicyclic) bond motifs is 1. The molecule has 2 aromatic heterocycles. The van der Waals surface area contributed by atoms with E-state index in [1.807, 2.05) is 24.4 Å². The van der Waals surface area contributed by atoms with Crippen molar-refractivity contribution in [2.75, 3.05) is 19.0 Å². The third kappa shape index (κ3) is 6.32. The fourth-order valence-electron chi connectivity index (χ4n) is 4.02. The molecule has 0 saturated carbocycles. The summed E-state index contributed by atoms with van der Waals surface area (Å²) in [5.41, 5.74) is 3.96. The van der Waals surface area contributed by atoms with E-state index in [2.05, 4.69) is 51.5 Å². The molecule has 2 heterocycles. The van der Waals surface area contributed by atoms with Gasteiger partial charge < -0.3 is 24.7 Å². The van der Waals surface area contributed by atoms with E-state index in [1.54, 1.807) is 31.5 Å². The lowest BCUT2D eigenvalue weighted by atomic mass is 10.1. The Kier molecular flexibility index (Phi) is 8.22. The molecular weight excluding hydrogens is 440 g/mol. The minimum atomic E-state index is -0.279. The monoisotopic (exact) mass is 472 g/mol. The molecule has 7 heteroatoms. The van der Waals surface area contributed by atoms with Crippen LogP contribution in [0.4, 0.5) is 10.5 Å². The number of hydrogen-bond donors (Lipinski definition) is 2. The smallest absolute Gasteiger partial charge is 0.319 e. The summed E-state index contributed by atoms with van der Waals surface area (Å²) in [6.07, 6.45) is 8.95. The van der Waals surface area contributed by atoms with Crippen LogP contribution in [0, 0.1) is 0 Å². The zero-order valence-electron chi connectivity index (χ0n) is 20.3. The summed E-state index contributed by atoms with van der Waals surface area (Å²) in [5, 5.41) is 6.97. The molecule has 7 nitrogen and oxygen atoms in total. The number of rotatable bonds is 11. The van der Waals surface area contributed by atoms with Gasteiger partial charge in [-0.2, -0.15) is 0 Å². The minimum Gasteiger partial charge on any atom is -0.493 e. The number of aromatic nitrogens is 2. The number of unbranched alkanes of at least 4 members (excludes halogenated alkanes) is 2. The Morgan fingerprint density at radius 3 is 2.77 bits per heavy atom. The first-order chi connectivity index (χ1) is 17.2. The van der Waals surface area contributed by atoms with Crippen LogP contribution < -0.4 is 20.1 Å². The van der Waals surface area contributed by atoms with E-state index in [0.29, 0.717) is 30.3 Å².